The number of aryl methyl sites for hydroxylation is 3. The van der Waals surface area contributed by atoms with E-state index in [1.54, 1.807) is 0 Å². The summed E-state index contributed by atoms with van der Waals surface area (Å²) < 4.78 is 0. The average Bonchev–Trinajstić information content (AvgIpc) is 2.89. The Morgan fingerprint density at radius 1 is 1.10 bits per heavy atom. The number of thiazole rings is 1. The van der Waals surface area contributed by atoms with Crippen LogP contribution in [0.25, 0.3) is 0 Å². The van der Waals surface area contributed by atoms with E-state index in [0.29, 0.717) is 6.04 Å². The Kier molecular flexibility index (Phi) is 4.41. The Labute approximate surface area is 131 Å². The highest BCUT2D eigenvalue weighted by molar-refractivity contribution is 7.11. The monoisotopic (exact) mass is 300 g/mol. The van der Waals surface area contributed by atoms with Gasteiger partial charge in [0, 0.05) is 10.9 Å². The van der Waals surface area contributed by atoms with E-state index in [1.165, 1.54) is 46.0 Å². The molecular weight excluding hydrogens is 276 g/mol. The van der Waals surface area contributed by atoms with Crippen molar-refractivity contribution in [2.24, 2.45) is 0 Å². The maximum Gasteiger partial charge on any atom is 0.115 e. The van der Waals surface area contributed by atoms with Crippen molar-refractivity contribution in [1.29, 1.82) is 0 Å². The van der Waals surface area contributed by atoms with Crippen molar-refractivity contribution >= 4 is 11.3 Å². The van der Waals surface area contributed by atoms with Gasteiger partial charge in [0.25, 0.3) is 0 Å². The predicted octanol–water partition coefficient (Wildman–Crippen LogP) is 4.42. The minimum Gasteiger partial charge on any atom is -0.302 e. The minimum absolute atomic E-state index is 0.223. The molecule has 3 heteroatoms. The van der Waals surface area contributed by atoms with Gasteiger partial charge in [0.1, 0.15) is 5.01 Å². The van der Waals surface area contributed by atoms with E-state index in [0.717, 1.165) is 6.42 Å². The lowest BCUT2D eigenvalue weighted by molar-refractivity contribution is 0.525. The molecule has 0 radical (unpaired) electrons. The fourth-order valence-corrected chi connectivity index (χ4v) is 4.14. The first-order valence-corrected chi connectivity index (χ1v) is 8.76. The molecule has 1 aromatic carbocycles. The van der Waals surface area contributed by atoms with E-state index in [4.69, 9.17) is 4.98 Å². The first-order chi connectivity index (χ1) is 10.1. The van der Waals surface area contributed by atoms with Gasteiger partial charge in [-0.2, -0.15) is 0 Å². The standard InChI is InChI=1S/C18H24N2S/c1-12(2)19-17(14-10-8-13(3)9-11-14)18-20-15-6-4-5-7-16(15)21-18/h8-12,17,19H,4-7H2,1-3H3. The quantitative estimate of drug-likeness (QED) is 0.904. The zero-order chi connectivity index (χ0) is 14.8. The summed E-state index contributed by atoms with van der Waals surface area (Å²) in [4.78, 5) is 6.47. The lowest BCUT2D eigenvalue weighted by Crippen LogP contribution is -2.28. The van der Waals surface area contributed by atoms with Crippen LogP contribution in [0.3, 0.4) is 0 Å². The number of rotatable bonds is 4. The highest BCUT2D eigenvalue weighted by Gasteiger charge is 2.22. The summed E-state index contributed by atoms with van der Waals surface area (Å²) in [6.07, 6.45) is 4.99. The molecule has 1 aliphatic carbocycles. The van der Waals surface area contributed by atoms with E-state index in [-0.39, 0.29) is 6.04 Å². The molecule has 2 aromatic rings. The number of aromatic nitrogens is 1. The van der Waals surface area contributed by atoms with Crippen LogP contribution in [-0.2, 0) is 12.8 Å². The smallest absolute Gasteiger partial charge is 0.115 e. The van der Waals surface area contributed by atoms with Crippen molar-refractivity contribution in [2.45, 2.75) is 58.5 Å². The summed E-state index contributed by atoms with van der Waals surface area (Å²) in [5, 5.41) is 4.92. The molecule has 1 unspecified atom stereocenters. The third-order valence-corrected chi connectivity index (χ3v) is 5.24. The summed E-state index contributed by atoms with van der Waals surface area (Å²) in [5.74, 6) is 0. The number of nitrogens with one attached hydrogen (secondary N) is 1. The van der Waals surface area contributed by atoms with E-state index >= 15 is 0 Å². The van der Waals surface area contributed by atoms with Crippen LogP contribution in [0.5, 0.6) is 0 Å². The summed E-state index contributed by atoms with van der Waals surface area (Å²) >= 11 is 1.91. The SMILES string of the molecule is Cc1ccc(C(NC(C)C)c2nc3c(s2)CCCC3)cc1. The van der Waals surface area contributed by atoms with Crippen LogP contribution in [0.1, 0.15) is 59.4 Å². The van der Waals surface area contributed by atoms with Gasteiger partial charge < -0.3 is 5.32 Å². The molecular formula is C18H24N2S. The molecule has 112 valence electrons. The molecule has 0 spiro atoms. The predicted molar refractivity (Wildman–Crippen MR) is 90.0 cm³/mol. The molecule has 0 amide bonds. The Morgan fingerprint density at radius 3 is 2.48 bits per heavy atom. The van der Waals surface area contributed by atoms with Gasteiger partial charge in [0.05, 0.1) is 11.7 Å². The Hall–Kier alpha value is -1.19. The zero-order valence-corrected chi connectivity index (χ0v) is 14.0. The number of benzene rings is 1. The van der Waals surface area contributed by atoms with Gasteiger partial charge in [0.2, 0.25) is 0 Å². The van der Waals surface area contributed by atoms with Gasteiger partial charge >= 0.3 is 0 Å². The van der Waals surface area contributed by atoms with Crippen LogP contribution >= 0.6 is 11.3 Å². The largest absolute Gasteiger partial charge is 0.302 e. The van der Waals surface area contributed by atoms with Gasteiger partial charge in [-0.15, -0.1) is 11.3 Å². The topological polar surface area (TPSA) is 24.9 Å². The molecule has 0 saturated heterocycles. The molecule has 0 aliphatic heterocycles. The summed E-state index contributed by atoms with van der Waals surface area (Å²) in [7, 11) is 0. The Bertz CT molecular complexity index is 575. The zero-order valence-electron chi connectivity index (χ0n) is 13.1. The van der Waals surface area contributed by atoms with Crippen molar-refractivity contribution < 1.29 is 0 Å². The fourth-order valence-electron chi connectivity index (χ4n) is 2.90. The lowest BCUT2D eigenvalue weighted by atomic mass is 10.0. The van der Waals surface area contributed by atoms with Crippen molar-refractivity contribution in [3.05, 3.63) is 51.0 Å². The van der Waals surface area contributed by atoms with E-state index < -0.39 is 0 Å². The molecule has 0 saturated carbocycles. The average molecular weight is 300 g/mol. The molecule has 1 aliphatic rings. The second-order valence-electron chi connectivity index (χ2n) is 6.29. The number of hydrogen-bond donors (Lipinski definition) is 1. The van der Waals surface area contributed by atoms with Gasteiger partial charge in [-0.1, -0.05) is 29.8 Å². The second kappa shape index (κ2) is 6.29. The Balaban J connectivity index is 1.95. The molecule has 21 heavy (non-hydrogen) atoms. The van der Waals surface area contributed by atoms with Gasteiger partial charge in [-0.3, -0.25) is 0 Å². The van der Waals surface area contributed by atoms with Crippen LogP contribution < -0.4 is 5.32 Å². The normalized spacial score (nSPS) is 16.0. The van der Waals surface area contributed by atoms with Crippen LogP contribution in [-0.4, -0.2) is 11.0 Å². The van der Waals surface area contributed by atoms with Crippen molar-refractivity contribution in [3.63, 3.8) is 0 Å². The highest BCUT2D eigenvalue weighted by atomic mass is 32.1. The van der Waals surface area contributed by atoms with Crippen LogP contribution in [0.15, 0.2) is 24.3 Å². The summed E-state index contributed by atoms with van der Waals surface area (Å²) in [5.41, 5.74) is 3.98. The number of hydrogen-bond acceptors (Lipinski definition) is 3. The third-order valence-electron chi connectivity index (χ3n) is 4.02. The Morgan fingerprint density at radius 2 is 1.81 bits per heavy atom. The molecule has 1 N–H and O–H groups in total. The lowest BCUT2D eigenvalue weighted by Gasteiger charge is -2.20. The molecule has 1 atom stereocenters. The molecule has 0 bridgehead atoms. The van der Waals surface area contributed by atoms with Crippen molar-refractivity contribution in [2.75, 3.05) is 0 Å². The fraction of sp³-hybridized carbons (Fsp3) is 0.500. The maximum atomic E-state index is 4.96. The van der Waals surface area contributed by atoms with E-state index in [2.05, 4.69) is 50.4 Å². The molecule has 1 aromatic heterocycles. The van der Waals surface area contributed by atoms with Crippen LogP contribution in [0.2, 0.25) is 0 Å². The third kappa shape index (κ3) is 3.35. The molecule has 1 heterocycles. The first kappa shape index (κ1) is 14.7. The minimum atomic E-state index is 0.223. The summed E-state index contributed by atoms with van der Waals surface area (Å²) in [6.45, 7) is 6.54. The number of nitrogens with zero attached hydrogens (tertiary/aromatic N) is 1. The van der Waals surface area contributed by atoms with Gasteiger partial charge in [-0.25, -0.2) is 4.98 Å². The van der Waals surface area contributed by atoms with Crippen molar-refractivity contribution in [1.82, 2.24) is 10.3 Å². The van der Waals surface area contributed by atoms with Crippen LogP contribution in [0.4, 0.5) is 0 Å². The van der Waals surface area contributed by atoms with Crippen LogP contribution in [0, 0.1) is 6.92 Å². The molecule has 2 nitrogen and oxygen atoms in total. The molecule has 0 fully saturated rings. The summed E-state index contributed by atoms with van der Waals surface area (Å²) in [6, 6.07) is 9.51. The maximum absolute atomic E-state index is 4.96. The van der Waals surface area contributed by atoms with Gasteiger partial charge in [0.15, 0.2) is 0 Å². The van der Waals surface area contributed by atoms with Crippen molar-refractivity contribution in [3.8, 4) is 0 Å². The highest BCUT2D eigenvalue weighted by Crippen LogP contribution is 2.32. The van der Waals surface area contributed by atoms with Gasteiger partial charge in [-0.05, 0) is 52.0 Å². The van der Waals surface area contributed by atoms with E-state index in [9.17, 15) is 0 Å². The van der Waals surface area contributed by atoms with E-state index in [1.807, 2.05) is 11.3 Å². The second-order valence-corrected chi connectivity index (χ2v) is 7.41. The molecule has 3 rings (SSSR count). The first-order valence-electron chi connectivity index (χ1n) is 7.94. The number of fused-ring (bicyclic) bond motifs is 1.